The Kier molecular flexibility index (Phi) is 2.70. The van der Waals surface area contributed by atoms with Crippen molar-refractivity contribution < 1.29 is 13.2 Å². The molecule has 0 aliphatic rings. The minimum Gasteiger partial charge on any atom is -0.542 e. The average molecular weight is 202 g/mol. The molecule has 72 valence electrons. The van der Waals surface area contributed by atoms with E-state index in [1.165, 1.54) is 12.1 Å². The molecule has 0 bridgehead atoms. The lowest BCUT2D eigenvalue weighted by Gasteiger charge is -2.19. The third kappa shape index (κ3) is 2.80. The van der Waals surface area contributed by atoms with Crippen molar-refractivity contribution in [1.82, 2.24) is 0 Å². The first-order valence-corrected chi connectivity index (χ1v) is 7.44. The Morgan fingerprint density at radius 3 is 2.31 bits per heavy atom. The fraction of sp³-hybridized carbons (Fsp3) is 0.333. The molecule has 0 aromatic heterocycles. The Labute approximate surface area is 77.5 Å². The molecular formula is C9H12F2OSi. The fourth-order valence-corrected chi connectivity index (χ4v) is 1.71. The van der Waals surface area contributed by atoms with Crippen molar-refractivity contribution in [3.05, 3.63) is 29.8 Å². The highest BCUT2D eigenvalue weighted by atomic mass is 28.4. The number of hydrogen-bond acceptors (Lipinski definition) is 1. The number of hydrogen-bond donors (Lipinski definition) is 0. The van der Waals surface area contributed by atoms with Crippen LogP contribution in [0, 0.1) is 11.6 Å². The molecule has 1 aromatic carbocycles. The highest BCUT2D eigenvalue weighted by molar-refractivity contribution is 6.70. The van der Waals surface area contributed by atoms with Crippen molar-refractivity contribution in [3.63, 3.8) is 0 Å². The molecule has 0 fully saturated rings. The minimum absolute atomic E-state index is 0.0131. The molecule has 1 rings (SSSR count). The van der Waals surface area contributed by atoms with Crippen LogP contribution in [0.5, 0.6) is 5.75 Å². The predicted octanol–water partition coefficient (Wildman–Crippen LogP) is 3.18. The maximum absolute atomic E-state index is 13.1. The monoisotopic (exact) mass is 202 g/mol. The van der Waals surface area contributed by atoms with Crippen LogP contribution in [-0.4, -0.2) is 8.32 Å². The third-order valence-electron chi connectivity index (χ3n) is 1.33. The minimum atomic E-state index is -1.86. The quantitative estimate of drug-likeness (QED) is 0.669. The van der Waals surface area contributed by atoms with Crippen molar-refractivity contribution in [2.24, 2.45) is 0 Å². The normalized spacial score (nSPS) is 11.5. The van der Waals surface area contributed by atoms with Crippen LogP contribution in [0.3, 0.4) is 0 Å². The van der Waals surface area contributed by atoms with Crippen LogP contribution in [-0.2, 0) is 0 Å². The molecular weight excluding hydrogens is 190 g/mol. The van der Waals surface area contributed by atoms with Gasteiger partial charge in [-0.3, -0.25) is 0 Å². The van der Waals surface area contributed by atoms with E-state index in [1.54, 1.807) is 0 Å². The maximum Gasteiger partial charge on any atom is 0.242 e. The maximum atomic E-state index is 13.1. The molecule has 0 heterocycles. The molecule has 0 aliphatic heterocycles. The summed E-state index contributed by atoms with van der Waals surface area (Å²) in [4.78, 5) is 0. The van der Waals surface area contributed by atoms with E-state index in [1.807, 2.05) is 19.6 Å². The van der Waals surface area contributed by atoms with Gasteiger partial charge in [0, 0.05) is 0 Å². The van der Waals surface area contributed by atoms with Crippen molar-refractivity contribution in [2.75, 3.05) is 0 Å². The topological polar surface area (TPSA) is 9.23 Å². The highest BCUT2D eigenvalue weighted by Gasteiger charge is 2.19. The van der Waals surface area contributed by atoms with Gasteiger partial charge in [0.15, 0.2) is 11.6 Å². The SMILES string of the molecule is C[Si](C)(C)Oc1cccc(F)c1F. The van der Waals surface area contributed by atoms with Gasteiger partial charge in [0.2, 0.25) is 8.32 Å². The van der Waals surface area contributed by atoms with E-state index in [-0.39, 0.29) is 5.75 Å². The van der Waals surface area contributed by atoms with Gasteiger partial charge in [-0.25, -0.2) is 4.39 Å². The van der Waals surface area contributed by atoms with Gasteiger partial charge >= 0.3 is 0 Å². The summed E-state index contributed by atoms with van der Waals surface area (Å²) in [5.74, 6) is -1.75. The van der Waals surface area contributed by atoms with Crippen LogP contribution in [0.4, 0.5) is 8.78 Å². The summed E-state index contributed by atoms with van der Waals surface area (Å²) in [6.45, 7) is 5.74. The van der Waals surface area contributed by atoms with Gasteiger partial charge in [-0.05, 0) is 31.8 Å². The predicted molar refractivity (Wildman–Crippen MR) is 50.3 cm³/mol. The number of halogens is 2. The lowest BCUT2D eigenvalue weighted by atomic mass is 10.3. The summed E-state index contributed by atoms with van der Waals surface area (Å²) in [6.07, 6.45) is 0. The van der Waals surface area contributed by atoms with Crippen molar-refractivity contribution in [3.8, 4) is 5.75 Å². The van der Waals surface area contributed by atoms with Crippen LogP contribution in [0.15, 0.2) is 18.2 Å². The Hall–Kier alpha value is -0.903. The molecule has 0 N–H and O–H groups in total. The van der Waals surface area contributed by atoms with Crippen LogP contribution >= 0.6 is 0 Å². The molecule has 0 saturated carbocycles. The van der Waals surface area contributed by atoms with E-state index in [2.05, 4.69) is 0 Å². The molecule has 0 atom stereocenters. The zero-order valence-electron chi connectivity index (χ0n) is 7.90. The van der Waals surface area contributed by atoms with Gasteiger partial charge in [0.05, 0.1) is 0 Å². The first-order chi connectivity index (χ1) is 5.90. The van der Waals surface area contributed by atoms with E-state index in [4.69, 9.17) is 4.43 Å². The lowest BCUT2D eigenvalue weighted by Crippen LogP contribution is -2.29. The molecule has 13 heavy (non-hydrogen) atoms. The molecule has 0 spiro atoms. The van der Waals surface area contributed by atoms with Crippen LogP contribution < -0.4 is 4.43 Å². The number of rotatable bonds is 2. The second kappa shape index (κ2) is 3.45. The first kappa shape index (κ1) is 10.2. The average Bonchev–Trinajstić information content (AvgIpc) is 1.96. The fourth-order valence-electron chi connectivity index (χ4n) is 0.893. The van der Waals surface area contributed by atoms with E-state index in [0.717, 1.165) is 6.07 Å². The van der Waals surface area contributed by atoms with E-state index in [0.29, 0.717) is 0 Å². The molecule has 4 heteroatoms. The lowest BCUT2D eigenvalue weighted by molar-refractivity contribution is 0.450. The van der Waals surface area contributed by atoms with E-state index < -0.39 is 20.0 Å². The standard InChI is InChI=1S/C9H12F2OSi/c1-13(2,3)12-8-6-4-5-7(10)9(8)11/h4-6H,1-3H3. The molecule has 0 saturated heterocycles. The van der Waals surface area contributed by atoms with E-state index in [9.17, 15) is 8.78 Å². The summed E-state index contributed by atoms with van der Waals surface area (Å²) >= 11 is 0. The van der Waals surface area contributed by atoms with Gasteiger partial charge in [-0.1, -0.05) is 6.07 Å². The zero-order valence-corrected chi connectivity index (χ0v) is 8.90. The molecule has 0 amide bonds. The summed E-state index contributed by atoms with van der Waals surface area (Å²) < 4.78 is 31.1. The summed E-state index contributed by atoms with van der Waals surface area (Å²) in [5, 5.41) is 0. The van der Waals surface area contributed by atoms with Gasteiger partial charge in [-0.2, -0.15) is 4.39 Å². The summed E-state index contributed by atoms with van der Waals surface area (Å²) in [5.41, 5.74) is 0. The van der Waals surface area contributed by atoms with Crippen molar-refractivity contribution in [1.29, 1.82) is 0 Å². The largest absolute Gasteiger partial charge is 0.542 e. The van der Waals surface area contributed by atoms with Crippen LogP contribution in [0.25, 0.3) is 0 Å². The molecule has 0 aliphatic carbocycles. The second-order valence-corrected chi connectivity index (χ2v) is 8.20. The Balaban J connectivity index is 2.96. The van der Waals surface area contributed by atoms with Crippen molar-refractivity contribution >= 4 is 8.32 Å². The van der Waals surface area contributed by atoms with Gasteiger partial charge in [0.1, 0.15) is 5.75 Å². The molecule has 1 aromatic rings. The molecule has 1 nitrogen and oxygen atoms in total. The highest BCUT2D eigenvalue weighted by Crippen LogP contribution is 2.22. The zero-order chi connectivity index (χ0) is 10.1. The van der Waals surface area contributed by atoms with Gasteiger partial charge in [-0.15, -0.1) is 0 Å². The summed E-state index contributed by atoms with van der Waals surface area (Å²) in [7, 11) is -1.86. The Morgan fingerprint density at radius 2 is 1.77 bits per heavy atom. The second-order valence-electron chi connectivity index (χ2n) is 3.77. The smallest absolute Gasteiger partial charge is 0.242 e. The first-order valence-electron chi connectivity index (χ1n) is 4.03. The number of benzene rings is 1. The summed E-state index contributed by atoms with van der Waals surface area (Å²) in [6, 6.07) is 3.96. The van der Waals surface area contributed by atoms with Crippen LogP contribution in [0.1, 0.15) is 0 Å². The molecule has 0 unspecified atom stereocenters. The van der Waals surface area contributed by atoms with Gasteiger partial charge < -0.3 is 4.43 Å². The Bertz CT molecular complexity index is 307. The van der Waals surface area contributed by atoms with Gasteiger partial charge in [0.25, 0.3) is 0 Å². The van der Waals surface area contributed by atoms with Crippen molar-refractivity contribution in [2.45, 2.75) is 19.6 Å². The van der Waals surface area contributed by atoms with E-state index >= 15 is 0 Å². The Morgan fingerprint density at radius 1 is 1.15 bits per heavy atom. The van der Waals surface area contributed by atoms with Crippen LogP contribution in [0.2, 0.25) is 19.6 Å². The molecule has 0 radical (unpaired) electrons. The third-order valence-corrected chi connectivity index (χ3v) is 2.16.